The Bertz CT molecular complexity index is 269. The van der Waals surface area contributed by atoms with Gasteiger partial charge in [-0.05, 0) is 44.9 Å². The predicted molar refractivity (Wildman–Crippen MR) is 73.4 cm³/mol. The fourth-order valence-electron chi connectivity index (χ4n) is 2.34. The molecule has 2 atom stereocenters. The van der Waals surface area contributed by atoms with Gasteiger partial charge in [0.1, 0.15) is 0 Å². The fraction of sp³-hybridized carbons (Fsp3) is 0.786. The lowest BCUT2D eigenvalue weighted by Gasteiger charge is -2.32. The van der Waals surface area contributed by atoms with E-state index in [2.05, 4.69) is 11.9 Å². The number of hydrogen-bond acceptors (Lipinski definition) is 2. The summed E-state index contributed by atoms with van der Waals surface area (Å²) in [5.41, 5.74) is 0. The van der Waals surface area contributed by atoms with Crippen LogP contribution < -0.4 is 5.32 Å². The van der Waals surface area contributed by atoms with Crippen LogP contribution in [0.15, 0.2) is 12.7 Å². The number of piperidine rings is 1. The highest BCUT2D eigenvalue weighted by atomic mass is 16.3. The second-order valence-corrected chi connectivity index (χ2v) is 5.21. The van der Waals surface area contributed by atoms with Crippen molar-refractivity contribution in [3.63, 3.8) is 0 Å². The Morgan fingerprint density at radius 2 is 2.44 bits per heavy atom. The molecule has 2 unspecified atom stereocenters. The molecule has 0 aromatic heterocycles. The molecule has 2 N–H and O–H groups in total. The topological polar surface area (TPSA) is 52.6 Å². The summed E-state index contributed by atoms with van der Waals surface area (Å²) < 4.78 is 0. The summed E-state index contributed by atoms with van der Waals surface area (Å²) in [5, 5.41) is 12.2. The van der Waals surface area contributed by atoms with E-state index in [-0.39, 0.29) is 24.6 Å². The number of urea groups is 1. The number of nitrogens with one attached hydrogen (secondary N) is 1. The van der Waals surface area contributed by atoms with Crippen LogP contribution in [0.3, 0.4) is 0 Å². The Balaban J connectivity index is 2.28. The standard InChI is InChI=1S/C14H26N2O2/c1-3-4-5-7-12(2)15-14(18)16-9-6-8-13(10-16)11-17/h3,12-13,17H,1,4-11H2,2H3,(H,15,18). The van der Waals surface area contributed by atoms with E-state index in [1.807, 2.05) is 17.9 Å². The van der Waals surface area contributed by atoms with Crippen LogP contribution in [0.1, 0.15) is 39.0 Å². The molecule has 0 spiro atoms. The van der Waals surface area contributed by atoms with Crippen molar-refractivity contribution in [2.75, 3.05) is 19.7 Å². The van der Waals surface area contributed by atoms with E-state index in [4.69, 9.17) is 5.11 Å². The third kappa shape index (κ3) is 5.08. The summed E-state index contributed by atoms with van der Waals surface area (Å²) >= 11 is 0. The quantitative estimate of drug-likeness (QED) is 0.563. The van der Waals surface area contributed by atoms with Gasteiger partial charge in [-0.2, -0.15) is 0 Å². The number of carbonyl (C=O) groups excluding carboxylic acids is 1. The fourth-order valence-corrected chi connectivity index (χ4v) is 2.34. The molecule has 4 heteroatoms. The maximum absolute atomic E-state index is 12.0. The van der Waals surface area contributed by atoms with E-state index < -0.39 is 0 Å². The molecule has 4 nitrogen and oxygen atoms in total. The molecule has 1 rings (SSSR count). The molecule has 0 aromatic carbocycles. The molecule has 1 aliphatic heterocycles. The van der Waals surface area contributed by atoms with Crippen LogP contribution >= 0.6 is 0 Å². The van der Waals surface area contributed by atoms with Crippen molar-refractivity contribution in [3.05, 3.63) is 12.7 Å². The van der Waals surface area contributed by atoms with E-state index in [1.165, 1.54) is 0 Å². The number of hydrogen-bond donors (Lipinski definition) is 2. The molecule has 1 saturated heterocycles. The minimum absolute atomic E-state index is 0.0132. The number of allylic oxidation sites excluding steroid dienone is 1. The van der Waals surface area contributed by atoms with Crippen LogP contribution in [-0.4, -0.2) is 41.8 Å². The van der Waals surface area contributed by atoms with Crippen LogP contribution in [0.25, 0.3) is 0 Å². The molecule has 18 heavy (non-hydrogen) atoms. The highest BCUT2D eigenvalue weighted by Crippen LogP contribution is 2.15. The zero-order valence-corrected chi connectivity index (χ0v) is 11.4. The maximum atomic E-state index is 12.0. The first-order chi connectivity index (χ1) is 8.67. The Morgan fingerprint density at radius 3 is 3.11 bits per heavy atom. The molecule has 1 aliphatic rings. The number of likely N-dealkylation sites (tertiary alicyclic amines) is 1. The van der Waals surface area contributed by atoms with Gasteiger partial charge in [-0.25, -0.2) is 4.79 Å². The van der Waals surface area contributed by atoms with Gasteiger partial charge in [-0.15, -0.1) is 6.58 Å². The van der Waals surface area contributed by atoms with Crippen LogP contribution in [0.2, 0.25) is 0 Å². The predicted octanol–water partition coefficient (Wildman–Crippen LogP) is 2.15. The summed E-state index contributed by atoms with van der Waals surface area (Å²) in [7, 11) is 0. The summed E-state index contributed by atoms with van der Waals surface area (Å²) in [6, 6.07) is 0.214. The smallest absolute Gasteiger partial charge is 0.317 e. The second-order valence-electron chi connectivity index (χ2n) is 5.21. The minimum atomic E-state index is 0.0132. The average molecular weight is 254 g/mol. The Hall–Kier alpha value is -1.03. The van der Waals surface area contributed by atoms with Gasteiger partial charge in [0.2, 0.25) is 0 Å². The van der Waals surface area contributed by atoms with E-state index in [0.717, 1.165) is 38.6 Å². The van der Waals surface area contributed by atoms with E-state index >= 15 is 0 Å². The van der Waals surface area contributed by atoms with Crippen LogP contribution in [-0.2, 0) is 0 Å². The van der Waals surface area contributed by atoms with E-state index in [9.17, 15) is 4.79 Å². The largest absolute Gasteiger partial charge is 0.396 e. The third-order valence-corrected chi connectivity index (χ3v) is 3.48. The molecule has 1 fully saturated rings. The van der Waals surface area contributed by atoms with Gasteiger partial charge in [0, 0.05) is 25.7 Å². The van der Waals surface area contributed by atoms with E-state index in [1.54, 1.807) is 0 Å². The zero-order chi connectivity index (χ0) is 13.4. The summed E-state index contributed by atoms with van der Waals surface area (Å²) in [5.74, 6) is 0.251. The molecular weight excluding hydrogens is 228 g/mol. The van der Waals surface area contributed by atoms with Gasteiger partial charge >= 0.3 is 6.03 Å². The number of unbranched alkanes of at least 4 members (excludes halogenated alkanes) is 1. The molecule has 0 aromatic rings. The molecule has 0 aliphatic carbocycles. The van der Waals surface area contributed by atoms with Crippen molar-refractivity contribution in [1.29, 1.82) is 0 Å². The summed E-state index contributed by atoms with van der Waals surface area (Å²) in [6.45, 7) is 7.40. The molecule has 1 heterocycles. The van der Waals surface area contributed by atoms with Gasteiger partial charge < -0.3 is 15.3 Å². The van der Waals surface area contributed by atoms with Crippen LogP contribution in [0, 0.1) is 5.92 Å². The number of aliphatic hydroxyl groups is 1. The van der Waals surface area contributed by atoms with Crippen molar-refractivity contribution in [2.45, 2.75) is 45.1 Å². The van der Waals surface area contributed by atoms with Crippen molar-refractivity contribution in [1.82, 2.24) is 10.2 Å². The van der Waals surface area contributed by atoms with Crippen molar-refractivity contribution in [3.8, 4) is 0 Å². The third-order valence-electron chi connectivity index (χ3n) is 3.48. The summed E-state index contributed by atoms with van der Waals surface area (Å²) in [4.78, 5) is 13.8. The monoisotopic (exact) mass is 254 g/mol. The second kappa shape index (κ2) is 8.14. The molecular formula is C14H26N2O2. The zero-order valence-electron chi connectivity index (χ0n) is 11.4. The molecule has 104 valence electrons. The van der Waals surface area contributed by atoms with Gasteiger partial charge in [0.25, 0.3) is 0 Å². The minimum Gasteiger partial charge on any atom is -0.396 e. The van der Waals surface area contributed by atoms with Gasteiger partial charge in [0.05, 0.1) is 0 Å². The number of nitrogens with zero attached hydrogens (tertiary/aromatic N) is 1. The van der Waals surface area contributed by atoms with E-state index in [0.29, 0.717) is 6.54 Å². The first kappa shape index (κ1) is 15.0. The number of rotatable bonds is 6. The molecule has 2 amide bonds. The lowest BCUT2D eigenvalue weighted by molar-refractivity contribution is 0.128. The Labute approximate surface area is 110 Å². The first-order valence-corrected chi connectivity index (χ1v) is 6.94. The van der Waals surface area contributed by atoms with Gasteiger partial charge in [0.15, 0.2) is 0 Å². The van der Waals surface area contributed by atoms with Crippen molar-refractivity contribution < 1.29 is 9.90 Å². The first-order valence-electron chi connectivity index (χ1n) is 6.94. The Morgan fingerprint density at radius 1 is 1.67 bits per heavy atom. The number of amides is 2. The number of carbonyl (C=O) groups is 1. The highest BCUT2D eigenvalue weighted by molar-refractivity contribution is 5.74. The molecule has 0 radical (unpaired) electrons. The molecule has 0 bridgehead atoms. The maximum Gasteiger partial charge on any atom is 0.317 e. The van der Waals surface area contributed by atoms with Crippen molar-refractivity contribution in [2.24, 2.45) is 5.92 Å². The molecule has 0 saturated carbocycles. The Kier molecular flexibility index (Phi) is 6.80. The van der Waals surface area contributed by atoms with Crippen LogP contribution in [0.5, 0.6) is 0 Å². The highest BCUT2D eigenvalue weighted by Gasteiger charge is 2.23. The number of aliphatic hydroxyl groups excluding tert-OH is 1. The van der Waals surface area contributed by atoms with Gasteiger partial charge in [-0.3, -0.25) is 0 Å². The van der Waals surface area contributed by atoms with Crippen LogP contribution in [0.4, 0.5) is 4.79 Å². The average Bonchev–Trinajstić information content (AvgIpc) is 2.39. The summed E-state index contributed by atoms with van der Waals surface area (Å²) in [6.07, 6.45) is 6.96. The van der Waals surface area contributed by atoms with Crippen molar-refractivity contribution >= 4 is 6.03 Å². The lowest BCUT2D eigenvalue weighted by atomic mass is 9.99. The normalized spacial score (nSPS) is 21.4. The SMILES string of the molecule is C=CCCCC(C)NC(=O)N1CCCC(CO)C1. The van der Waals surface area contributed by atoms with Gasteiger partial charge in [-0.1, -0.05) is 6.08 Å². The lowest BCUT2D eigenvalue weighted by Crippen LogP contribution is -2.48.